The van der Waals surface area contributed by atoms with Gasteiger partial charge < -0.3 is 19.7 Å². The van der Waals surface area contributed by atoms with Gasteiger partial charge in [-0.3, -0.25) is 0 Å². The summed E-state index contributed by atoms with van der Waals surface area (Å²) in [6, 6.07) is 7.28. The summed E-state index contributed by atoms with van der Waals surface area (Å²) >= 11 is 5.33. The molecule has 0 bridgehead atoms. The van der Waals surface area contributed by atoms with Crippen LogP contribution in [-0.2, 0) is 9.53 Å². The number of nitrogens with one attached hydrogen (secondary N) is 1. The lowest BCUT2D eigenvalue weighted by molar-refractivity contribution is -0.136. The third-order valence-corrected chi connectivity index (χ3v) is 4.08. The molecule has 1 aliphatic rings. The minimum atomic E-state index is -0.363. The van der Waals surface area contributed by atoms with Crippen molar-refractivity contribution < 1.29 is 14.3 Å². The van der Waals surface area contributed by atoms with E-state index in [-0.39, 0.29) is 12.0 Å². The van der Waals surface area contributed by atoms with Crippen LogP contribution in [0.2, 0.25) is 0 Å². The van der Waals surface area contributed by atoms with E-state index in [9.17, 15) is 4.79 Å². The van der Waals surface area contributed by atoms with Crippen LogP contribution in [0.15, 0.2) is 35.5 Å². The topological polar surface area (TPSA) is 50.8 Å². The van der Waals surface area contributed by atoms with Gasteiger partial charge in [-0.2, -0.15) is 0 Å². The van der Waals surface area contributed by atoms with Crippen LogP contribution in [0.4, 0.5) is 0 Å². The standard InChI is InChI=1S/C16H20N2O3S/c1-5-21-12-8-6-11(7-9-12)14-13(15(19)20-4)10(2)18(3)16(22)17-14/h6-9,14H,5H2,1-4H3,(H,17,22). The van der Waals surface area contributed by atoms with Gasteiger partial charge in [0.1, 0.15) is 5.75 Å². The highest BCUT2D eigenvalue weighted by Crippen LogP contribution is 2.31. The molecule has 0 aromatic heterocycles. The number of hydrogen-bond donors (Lipinski definition) is 1. The first kappa shape index (κ1) is 16.3. The Balaban J connectivity index is 2.42. The first-order chi connectivity index (χ1) is 10.5. The highest BCUT2D eigenvalue weighted by Gasteiger charge is 2.32. The number of rotatable bonds is 4. The summed E-state index contributed by atoms with van der Waals surface area (Å²) in [6.45, 7) is 4.41. The molecule has 1 atom stereocenters. The number of carbonyl (C=O) groups is 1. The zero-order valence-electron chi connectivity index (χ0n) is 13.2. The number of esters is 1. The quantitative estimate of drug-likeness (QED) is 0.679. The van der Waals surface area contributed by atoms with E-state index in [1.54, 1.807) is 4.90 Å². The molecule has 22 heavy (non-hydrogen) atoms. The molecule has 0 spiro atoms. The van der Waals surface area contributed by atoms with Gasteiger partial charge in [0.2, 0.25) is 0 Å². The van der Waals surface area contributed by atoms with Gasteiger partial charge in [-0.15, -0.1) is 0 Å². The maximum Gasteiger partial charge on any atom is 0.337 e. The van der Waals surface area contributed by atoms with Crippen molar-refractivity contribution in [3.05, 3.63) is 41.1 Å². The summed E-state index contributed by atoms with van der Waals surface area (Å²) in [4.78, 5) is 13.9. The van der Waals surface area contributed by atoms with E-state index in [2.05, 4.69) is 5.32 Å². The number of thiocarbonyl (C=S) groups is 1. The molecule has 1 unspecified atom stereocenters. The molecule has 1 aromatic rings. The second-order valence-electron chi connectivity index (χ2n) is 4.93. The summed E-state index contributed by atoms with van der Waals surface area (Å²) in [5.41, 5.74) is 2.27. The molecule has 0 radical (unpaired) electrons. The number of carbonyl (C=O) groups excluding carboxylic acids is 1. The summed E-state index contributed by atoms with van der Waals surface area (Å²) in [7, 11) is 3.20. The van der Waals surface area contributed by atoms with Gasteiger partial charge >= 0.3 is 5.97 Å². The van der Waals surface area contributed by atoms with Crippen LogP contribution in [0.3, 0.4) is 0 Å². The average Bonchev–Trinajstić information content (AvgIpc) is 2.52. The summed E-state index contributed by atoms with van der Waals surface area (Å²) in [5, 5.41) is 3.76. The maximum atomic E-state index is 12.2. The van der Waals surface area contributed by atoms with Crippen LogP contribution in [-0.4, -0.2) is 36.7 Å². The maximum absolute atomic E-state index is 12.2. The number of methoxy groups -OCH3 is 1. The predicted octanol–water partition coefficient (Wildman–Crippen LogP) is 2.39. The van der Waals surface area contributed by atoms with Gasteiger partial charge in [-0.25, -0.2) is 4.79 Å². The zero-order valence-corrected chi connectivity index (χ0v) is 14.0. The molecular weight excluding hydrogens is 300 g/mol. The van der Waals surface area contributed by atoms with Crippen molar-refractivity contribution in [3.63, 3.8) is 0 Å². The molecule has 0 amide bonds. The van der Waals surface area contributed by atoms with Gasteiger partial charge in [0, 0.05) is 12.7 Å². The molecule has 2 rings (SSSR count). The fraction of sp³-hybridized carbons (Fsp3) is 0.375. The van der Waals surface area contributed by atoms with E-state index in [1.807, 2.05) is 45.2 Å². The largest absolute Gasteiger partial charge is 0.494 e. The number of ether oxygens (including phenoxy) is 2. The van der Waals surface area contributed by atoms with Crippen LogP contribution >= 0.6 is 12.2 Å². The van der Waals surface area contributed by atoms with Gasteiger partial charge in [0.05, 0.1) is 25.3 Å². The highest BCUT2D eigenvalue weighted by atomic mass is 32.1. The Labute approximate surface area is 135 Å². The monoisotopic (exact) mass is 320 g/mol. The first-order valence-electron chi connectivity index (χ1n) is 7.05. The molecule has 6 heteroatoms. The number of benzene rings is 1. The van der Waals surface area contributed by atoms with Gasteiger partial charge in [0.15, 0.2) is 5.11 Å². The van der Waals surface area contributed by atoms with E-state index >= 15 is 0 Å². The number of hydrogen-bond acceptors (Lipinski definition) is 4. The molecular formula is C16H20N2O3S. The van der Waals surface area contributed by atoms with E-state index in [0.717, 1.165) is 17.0 Å². The van der Waals surface area contributed by atoms with Crippen molar-refractivity contribution in [3.8, 4) is 5.75 Å². The second-order valence-corrected chi connectivity index (χ2v) is 5.32. The second kappa shape index (κ2) is 6.79. The Morgan fingerprint density at radius 1 is 1.36 bits per heavy atom. The molecule has 1 heterocycles. The van der Waals surface area contributed by atoms with E-state index in [1.165, 1.54) is 7.11 Å². The van der Waals surface area contributed by atoms with Crippen molar-refractivity contribution in [2.45, 2.75) is 19.9 Å². The first-order valence-corrected chi connectivity index (χ1v) is 7.46. The van der Waals surface area contributed by atoms with Gasteiger partial charge in [-0.1, -0.05) is 12.1 Å². The summed E-state index contributed by atoms with van der Waals surface area (Å²) in [6.07, 6.45) is 0. The Hall–Kier alpha value is -2.08. The lowest BCUT2D eigenvalue weighted by Crippen LogP contribution is -2.46. The van der Waals surface area contributed by atoms with Gasteiger partial charge in [0.25, 0.3) is 0 Å². The normalized spacial score (nSPS) is 18.1. The molecule has 0 fully saturated rings. The predicted molar refractivity (Wildman–Crippen MR) is 88.6 cm³/mol. The van der Waals surface area contributed by atoms with Crippen molar-refractivity contribution >= 4 is 23.3 Å². The Kier molecular flexibility index (Phi) is 5.03. The van der Waals surface area contributed by atoms with Crippen LogP contribution in [0, 0.1) is 0 Å². The fourth-order valence-corrected chi connectivity index (χ4v) is 2.64. The van der Waals surface area contributed by atoms with Crippen molar-refractivity contribution in [2.24, 2.45) is 0 Å². The van der Waals surface area contributed by atoms with Crippen molar-refractivity contribution in [1.29, 1.82) is 0 Å². The molecule has 5 nitrogen and oxygen atoms in total. The van der Waals surface area contributed by atoms with Crippen LogP contribution in [0.1, 0.15) is 25.5 Å². The van der Waals surface area contributed by atoms with Gasteiger partial charge in [-0.05, 0) is 43.8 Å². The van der Waals surface area contributed by atoms with Crippen molar-refractivity contribution in [1.82, 2.24) is 10.2 Å². The SMILES string of the molecule is CCOc1ccc(C2NC(=S)N(C)C(C)=C2C(=O)OC)cc1. The molecule has 1 N–H and O–H groups in total. The van der Waals surface area contributed by atoms with E-state index in [4.69, 9.17) is 21.7 Å². The van der Waals surface area contributed by atoms with E-state index < -0.39 is 0 Å². The Bertz CT molecular complexity index is 610. The third kappa shape index (κ3) is 3.06. The number of nitrogens with zero attached hydrogens (tertiary/aromatic N) is 1. The average molecular weight is 320 g/mol. The minimum Gasteiger partial charge on any atom is -0.494 e. The highest BCUT2D eigenvalue weighted by molar-refractivity contribution is 7.80. The number of allylic oxidation sites excluding steroid dienone is 1. The van der Waals surface area contributed by atoms with Crippen molar-refractivity contribution in [2.75, 3.05) is 20.8 Å². The molecule has 0 aliphatic carbocycles. The molecule has 0 saturated carbocycles. The molecule has 118 valence electrons. The Morgan fingerprint density at radius 3 is 2.55 bits per heavy atom. The van der Waals surface area contributed by atoms with Crippen LogP contribution in [0.25, 0.3) is 0 Å². The van der Waals surface area contributed by atoms with E-state index in [0.29, 0.717) is 17.3 Å². The smallest absolute Gasteiger partial charge is 0.337 e. The zero-order chi connectivity index (χ0) is 16.3. The molecule has 1 aliphatic heterocycles. The Morgan fingerprint density at radius 2 is 2.00 bits per heavy atom. The van der Waals surface area contributed by atoms with Crippen LogP contribution < -0.4 is 10.1 Å². The third-order valence-electron chi connectivity index (χ3n) is 3.68. The fourth-order valence-electron chi connectivity index (χ4n) is 2.38. The lowest BCUT2D eigenvalue weighted by atomic mass is 9.95. The molecule has 0 saturated heterocycles. The summed E-state index contributed by atoms with van der Waals surface area (Å²) < 4.78 is 10.4. The lowest BCUT2D eigenvalue weighted by Gasteiger charge is -2.35. The van der Waals surface area contributed by atoms with Crippen LogP contribution in [0.5, 0.6) is 5.75 Å². The minimum absolute atomic E-state index is 0.327. The molecule has 1 aromatic carbocycles. The summed E-state index contributed by atoms with van der Waals surface area (Å²) in [5.74, 6) is 0.431.